The number of allylic oxidation sites excluding steroid dienone is 1. The van der Waals surface area contributed by atoms with E-state index in [1.807, 2.05) is 19.1 Å². The van der Waals surface area contributed by atoms with Crippen LogP contribution in [0.4, 0.5) is 4.39 Å². The van der Waals surface area contributed by atoms with E-state index < -0.39 is 11.8 Å². The summed E-state index contributed by atoms with van der Waals surface area (Å²) in [6.45, 7) is 1.82. The molecule has 0 fully saturated rings. The summed E-state index contributed by atoms with van der Waals surface area (Å²) in [5.41, 5.74) is 1.85. The molecule has 0 unspecified atom stereocenters. The molecule has 4 nitrogen and oxygen atoms in total. The molecule has 0 spiro atoms. The van der Waals surface area contributed by atoms with Crippen molar-refractivity contribution in [3.05, 3.63) is 101 Å². The van der Waals surface area contributed by atoms with Crippen LogP contribution in [-0.2, 0) is 0 Å². The molecule has 0 amide bonds. The largest absolute Gasteiger partial charge is 0.452 e. The van der Waals surface area contributed by atoms with Gasteiger partial charge in [0.05, 0.1) is 11.1 Å². The van der Waals surface area contributed by atoms with Gasteiger partial charge in [-0.1, -0.05) is 36.4 Å². The zero-order chi connectivity index (χ0) is 19.7. The van der Waals surface area contributed by atoms with E-state index in [0.29, 0.717) is 11.1 Å². The molecule has 138 valence electrons. The minimum Gasteiger partial charge on any atom is -0.452 e. The fourth-order valence-electron chi connectivity index (χ4n) is 2.93. The number of halogens is 1. The van der Waals surface area contributed by atoms with Gasteiger partial charge in [0.25, 0.3) is 0 Å². The van der Waals surface area contributed by atoms with Crippen LogP contribution in [0, 0.1) is 12.7 Å². The Morgan fingerprint density at radius 3 is 2.57 bits per heavy atom. The van der Waals surface area contributed by atoms with Crippen molar-refractivity contribution >= 4 is 17.8 Å². The van der Waals surface area contributed by atoms with E-state index in [-0.39, 0.29) is 28.6 Å². The molecule has 0 saturated heterocycles. The Labute approximate surface area is 160 Å². The smallest absolute Gasteiger partial charge is 0.343 e. The summed E-state index contributed by atoms with van der Waals surface area (Å²) >= 11 is 0. The van der Waals surface area contributed by atoms with Crippen LogP contribution < -0.4 is 9.47 Å². The minimum absolute atomic E-state index is 0.0162. The third kappa shape index (κ3) is 3.30. The highest BCUT2D eigenvalue weighted by Crippen LogP contribution is 2.35. The van der Waals surface area contributed by atoms with Gasteiger partial charge < -0.3 is 9.47 Å². The molecule has 0 aromatic heterocycles. The molecule has 0 N–H and O–H groups in total. The van der Waals surface area contributed by atoms with Crippen LogP contribution in [0.2, 0.25) is 0 Å². The number of fused-ring (bicyclic) bond motifs is 1. The number of benzene rings is 3. The fraction of sp³-hybridized carbons (Fsp3) is 0.0435. The van der Waals surface area contributed by atoms with Gasteiger partial charge in [-0.05, 0) is 42.8 Å². The third-order valence-electron chi connectivity index (χ3n) is 4.41. The van der Waals surface area contributed by atoms with Crippen LogP contribution >= 0.6 is 0 Å². The first-order chi connectivity index (χ1) is 13.5. The van der Waals surface area contributed by atoms with Crippen LogP contribution in [0.5, 0.6) is 11.5 Å². The Morgan fingerprint density at radius 2 is 1.79 bits per heavy atom. The molecule has 0 radical (unpaired) electrons. The van der Waals surface area contributed by atoms with Gasteiger partial charge in [-0.15, -0.1) is 0 Å². The molecule has 1 aliphatic rings. The number of carbonyl (C=O) groups is 2. The normalized spacial score (nSPS) is 13.9. The van der Waals surface area contributed by atoms with Crippen LogP contribution in [0.25, 0.3) is 6.08 Å². The maximum atomic E-state index is 13.8. The molecule has 3 aromatic rings. The Hall–Kier alpha value is -3.73. The van der Waals surface area contributed by atoms with Crippen molar-refractivity contribution < 1.29 is 23.5 Å². The first-order valence-electron chi connectivity index (χ1n) is 8.63. The van der Waals surface area contributed by atoms with E-state index in [2.05, 4.69) is 0 Å². The summed E-state index contributed by atoms with van der Waals surface area (Å²) in [4.78, 5) is 24.8. The van der Waals surface area contributed by atoms with Crippen LogP contribution in [0.1, 0.15) is 31.8 Å². The van der Waals surface area contributed by atoms with E-state index in [9.17, 15) is 14.0 Å². The topological polar surface area (TPSA) is 52.6 Å². The van der Waals surface area contributed by atoms with Gasteiger partial charge in [0.2, 0.25) is 5.78 Å². The van der Waals surface area contributed by atoms with Gasteiger partial charge in [-0.25, -0.2) is 9.18 Å². The van der Waals surface area contributed by atoms with E-state index in [1.54, 1.807) is 30.3 Å². The first-order valence-corrected chi connectivity index (χ1v) is 8.63. The highest BCUT2D eigenvalue weighted by Gasteiger charge is 2.28. The first kappa shape index (κ1) is 17.7. The summed E-state index contributed by atoms with van der Waals surface area (Å²) in [6.07, 6.45) is 1.36. The quantitative estimate of drug-likeness (QED) is 0.369. The van der Waals surface area contributed by atoms with Crippen molar-refractivity contribution in [2.75, 3.05) is 0 Å². The number of Topliss-reactive ketones (excluding diaryl/α,β-unsaturated/α-hetero) is 1. The van der Waals surface area contributed by atoms with Crippen molar-refractivity contribution in [1.82, 2.24) is 0 Å². The summed E-state index contributed by atoms with van der Waals surface area (Å²) in [6, 6.07) is 17.7. The lowest BCUT2D eigenvalue weighted by Gasteiger charge is -2.07. The van der Waals surface area contributed by atoms with Crippen molar-refractivity contribution in [1.29, 1.82) is 0 Å². The summed E-state index contributed by atoms with van der Waals surface area (Å²) in [5.74, 6) is -0.758. The van der Waals surface area contributed by atoms with E-state index in [1.165, 1.54) is 30.3 Å². The monoisotopic (exact) mass is 374 g/mol. The SMILES string of the molecule is Cc1ccccc1C(=O)Oc1ccc2c(c1)OC(=Cc1ccccc1F)C2=O. The summed E-state index contributed by atoms with van der Waals surface area (Å²) < 4.78 is 24.8. The predicted octanol–water partition coefficient (Wildman–Crippen LogP) is 4.97. The molecular formula is C23H15FO4. The van der Waals surface area contributed by atoms with Crippen LogP contribution in [0.3, 0.4) is 0 Å². The van der Waals surface area contributed by atoms with Crippen LogP contribution in [0.15, 0.2) is 72.5 Å². The predicted molar refractivity (Wildman–Crippen MR) is 102 cm³/mol. The number of hydrogen-bond donors (Lipinski definition) is 0. The average molecular weight is 374 g/mol. The average Bonchev–Trinajstić information content (AvgIpc) is 2.99. The zero-order valence-electron chi connectivity index (χ0n) is 14.9. The number of rotatable bonds is 3. The Kier molecular flexibility index (Phi) is 4.49. The lowest BCUT2D eigenvalue weighted by Crippen LogP contribution is -2.10. The van der Waals surface area contributed by atoms with Crippen molar-refractivity contribution in [3.8, 4) is 11.5 Å². The fourth-order valence-corrected chi connectivity index (χ4v) is 2.93. The highest BCUT2D eigenvalue weighted by molar-refractivity contribution is 6.14. The van der Waals surface area contributed by atoms with Crippen molar-refractivity contribution in [3.63, 3.8) is 0 Å². The second kappa shape index (κ2) is 7.12. The number of ketones is 1. The number of hydrogen-bond acceptors (Lipinski definition) is 4. The molecule has 0 bridgehead atoms. The standard InChI is InChI=1S/C23H15FO4/c1-14-6-2-4-8-17(14)23(26)27-16-10-11-18-20(13-16)28-21(22(18)25)12-15-7-3-5-9-19(15)24/h2-13H,1H3. The second-order valence-corrected chi connectivity index (χ2v) is 6.32. The van der Waals surface area contributed by atoms with Crippen molar-refractivity contribution in [2.24, 2.45) is 0 Å². The number of aryl methyl sites for hydroxylation is 1. The number of esters is 1. The lowest BCUT2D eigenvalue weighted by molar-refractivity contribution is 0.0733. The zero-order valence-corrected chi connectivity index (χ0v) is 14.9. The molecule has 4 rings (SSSR count). The molecule has 1 heterocycles. The number of ether oxygens (including phenoxy) is 2. The van der Waals surface area contributed by atoms with Gasteiger partial charge in [0, 0.05) is 11.6 Å². The maximum absolute atomic E-state index is 13.8. The third-order valence-corrected chi connectivity index (χ3v) is 4.41. The van der Waals surface area contributed by atoms with Gasteiger partial charge in [0.1, 0.15) is 17.3 Å². The molecule has 5 heteroatoms. The molecule has 1 aliphatic heterocycles. The van der Waals surface area contributed by atoms with Gasteiger partial charge in [0.15, 0.2) is 5.76 Å². The van der Waals surface area contributed by atoms with Crippen LogP contribution in [-0.4, -0.2) is 11.8 Å². The second-order valence-electron chi connectivity index (χ2n) is 6.32. The Balaban J connectivity index is 1.58. The molecule has 28 heavy (non-hydrogen) atoms. The molecular weight excluding hydrogens is 359 g/mol. The molecule has 0 atom stereocenters. The van der Waals surface area contributed by atoms with Gasteiger partial charge >= 0.3 is 5.97 Å². The molecule has 0 saturated carbocycles. The van der Waals surface area contributed by atoms with E-state index >= 15 is 0 Å². The Morgan fingerprint density at radius 1 is 1.04 bits per heavy atom. The summed E-state index contributed by atoms with van der Waals surface area (Å²) in [7, 11) is 0. The minimum atomic E-state index is -0.496. The molecule has 0 aliphatic carbocycles. The highest BCUT2D eigenvalue weighted by atomic mass is 19.1. The Bertz CT molecular complexity index is 1130. The lowest BCUT2D eigenvalue weighted by atomic mass is 10.1. The summed E-state index contributed by atoms with van der Waals surface area (Å²) in [5, 5.41) is 0. The molecule has 3 aromatic carbocycles. The van der Waals surface area contributed by atoms with E-state index in [0.717, 1.165) is 5.56 Å². The van der Waals surface area contributed by atoms with Crippen molar-refractivity contribution in [2.45, 2.75) is 6.92 Å². The number of carbonyl (C=O) groups excluding carboxylic acids is 2. The van der Waals surface area contributed by atoms with Gasteiger partial charge in [-0.2, -0.15) is 0 Å². The van der Waals surface area contributed by atoms with E-state index in [4.69, 9.17) is 9.47 Å². The van der Waals surface area contributed by atoms with Gasteiger partial charge in [-0.3, -0.25) is 4.79 Å². The maximum Gasteiger partial charge on any atom is 0.343 e.